The highest BCUT2D eigenvalue weighted by Crippen LogP contribution is 2.27. The molecule has 0 spiro atoms. The van der Waals surface area contributed by atoms with Crippen LogP contribution < -0.4 is 5.32 Å². The Bertz CT molecular complexity index is 1310. The van der Waals surface area contributed by atoms with E-state index >= 15 is 0 Å². The van der Waals surface area contributed by atoms with Crippen molar-refractivity contribution in [3.8, 4) is 0 Å². The van der Waals surface area contributed by atoms with Crippen LogP contribution in [0.3, 0.4) is 0 Å². The quantitative estimate of drug-likeness (QED) is 0.502. The molecule has 1 fully saturated rings. The van der Waals surface area contributed by atoms with Gasteiger partial charge in [0.2, 0.25) is 10.0 Å². The fourth-order valence-electron chi connectivity index (χ4n) is 4.52. The Balaban J connectivity index is 1.31. The summed E-state index contributed by atoms with van der Waals surface area (Å²) in [6.07, 6.45) is 2.68. The van der Waals surface area contributed by atoms with Crippen LogP contribution >= 0.6 is 0 Å². The van der Waals surface area contributed by atoms with Gasteiger partial charge in [-0.1, -0.05) is 38.1 Å². The summed E-state index contributed by atoms with van der Waals surface area (Å²) in [7, 11) is -3.59. The minimum Gasteiger partial charge on any atom is -0.455 e. The number of carbonyl (C=O) groups excluding carboxylic acids is 2. The molecule has 9 heteroatoms. The second-order valence-electron chi connectivity index (χ2n) is 9.17. The highest BCUT2D eigenvalue weighted by atomic mass is 32.2. The van der Waals surface area contributed by atoms with Crippen molar-refractivity contribution in [2.24, 2.45) is 11.8 Å². The molecule has 0 radical (unpaired) electrons. The summed E-state index contributed by atoms with van der Waals surface area (Å²) in [5.41, 5.74) is 1.87. The molecule has 1 N–H and O–H groups in total. The van der Waals surface area contributed by atoms with Crippen molar-refractivity contribution in [1.82, 2.24) is 9.29 Å². The normalized spacial score (nSPS) is 18.8. The Morgan fingerprint density at radius 1 is 1.03 bits per heavy atom. The molecule has 184 valence electrons. The SMILES string of the molecule is C[C@@H]1C[C@@H](C)CN(S(=O)(=O)c2ccc(NC(=O)COC(=O)Cc3cccc4cccnc34)cc2)C1. The van der Waals surface area contributed by atoms with Crippen LogP contribution in [0.25, 0.3) is 10.9 Å². The molecule has 8 nitrogen and oxygen atoms in total. The number of rotatable bonds is 7. The standard InChI is InChI=1S/C26H29N3O5S/c1-18-13-19(2)16-29(15-18)35(32,33)23-10-8-22(9-11-23)28-24(30)17-34-25(31)14-21-6-3-5-20-7-4-12-27-26(20)21/h3-12,18-19H,13-17H2,1-2H3,(H,28,30)/t18-,19-/m1/s1. The lowest BCUT2D eigenvalue weighted by Gasteiger charge is -2.34. The zero-order valence-corrected chi connectivity index (χ0v) is 20.6. The first kappa shape index (κ1) is 24.8. The number of ether oxygens (including phenoxy) is 1. The average Bonchev–Trinajstić information content (AvgIpc) is 2.83. The van der Waals surface area contributed by atoms with Crippen LogP contribution in [0.15, 0.2) is 65.7 Å². The summed E-state index contributed by atoms with van der Waals surface area (Å²) in [6.45, 7) is 4.68. The second kappa shape index (κ2) is 10.5. The van der Waals surface area contributed by atoms with Crippen LogP contribution in [0.1, 0.15) is 25.8 Å². The van der Waals surface area contributed by atoms with E-state index in [0.29, 0.717) is 30.6 Å². The van der Waals surface area contributed by atoms with Crippen LogP contribution in [0.2, 0.25) is 0 Å². The second-order valence-corrected chi connectivity index (χ2v) is 11.1. The minimum atomic E-state index is -3.59. The van der Waals surface area contributed by atoms with Crippen molar-refractivity contribution in [3.63, 3.8) is 0 Å². The van der Waals surface area contributed by atoms with E-state index in [1.165, 1.54) is 28.6 Å². The Labute approximate surface area is 205 Å². The highest BCUT2D eigenvalue weighted by Gasteiger charge is 2.31. The lowest BCUT2D eigenvalue weighted by Crippen LogP contribution is -2.42. The number of carbonyl (C=O) groups is 2. The van der Waals surface area contributed by atoms with E-state index in [1.54, 1.807) is 12.3 Å². The van der Waals surface area contributed by atoms with Gasteiger partial charge in [0.05, 0.1) is 16.8 Å². The van der Waals surface area contributed by atoms with E-state index in [-0.39, 0.29) is 11.3 Å². The summed E-state index contributed by atoms with van der Waals surface area (Å²) in [5.74, 6) is -0.424. The number of esters is 1. The topological polar surface area (TPSA) is 106 Å². The van der Waals surface area contributed by atoms with Crippen molar-refractivity contribution < 1.29 is 22.7 Å². The fourth-order valence-corrected chi connectivity index (χ4v) is 6.20. The first-order valence-electron chi connectivity index (χ1n) is 11.6. The number of piperidine rings is 1. The molecule has 1 aromatic heterocycles. The predicted molar refractivity (Wildman–Crippen MR) is 133 cm³/mol. The van der Waals surface area contributed by atoms with Gasteiger partial charge in [0.25, 0.3) is 5.91 Å². The van der Waals surface area contributed by atoms with Gasteiger partial charge in [-0.05, 0) is 54.2 Å². The summed E-state index contributed by atoms with van der Waals surface area (Å²) in [4.78, 5) is 29.0. The Hall–Kier alpha value is -3.30. The minimum absolute atomic E-state index is 0.00191. The number of pyridine rings is 1. The van der Waals surface area contributed by atoms with E-state index in [0.717, 1.165) is 22.9 Å². The van der Waals surface area contributed by atoms with Gasteiger partial charge < -0.3 is 10.1 Å². The monoisotopic (exact) mass is 495 g/mol. The molecular weight excluding hydrogens is 466 g/mol. The third-order valence-corrected chi connectivity index (χ3v) is 7.87. The van der Waals surface area contributed by atoms with Crippen molar-refractivity contribution in [2.75, 3.05) is 25.0 Å². The molecule has 0 unspecified atom stereocenters. The van der Waals surface area contributed by atoms with E-state index in [1.807, 2.05) is 24.3 Å². The van der Waals surface area contributed by atoms with E-state index < -0.39 is 28.5 Å². The predicted octanol–water partition coefficient (Wildman–Crippen LogP) is 3.63. The lowest BCUT2D eigenvalue weighted by molar-refractivity contribution is -0.146. The largest absolute Gasteiger partial charge is 0.455 e. The van der Waals surface area contributed by atoms with Gasteiger partial charge in [0.15, 0.2) is 6.61 Å². The maximum absolute atomic E-state index is 13.0. The highest BCUT2D eigenvalue weighted by molar-refractivity contribution is 7.89. The Kier molecular flexibility index (Phi) is 7.47. The van der Waals surface area contributed by atoms with Gasteiger partial charge in [-0.3, -0.25) is 14.6 Å². The van der Waals surface area contributed by atoms with Gasteiger partial charge in [-0.25, -0.2) is 8.42 Å². The number of anilines is 1. The van der Waals surface area contributed by atoms with Gasteiger partial charge in [0.1, 0.15) is 0 Å². The molecule has 1 aliphatic rings. The number of fused-ring (bicyclic) bond motifs is 1. The molecule has 2 aromatic carbocycles. The van der Waals surface area contributed by atoms with Crippen LogP contribution in [0.5, 0.6) is 0 Å². The Morgan fingerprint density at radius 3 is 2.43 bits per heavy atom. The number of hydrogen-bond donors (Lipinski definition) is 1. The molecule has 1 saturated heterocycles. The maximum atomic E-state index is 13.0. The number of benzene rings is 2. The van der Waals surface area contributed by atoms with Crippen LogP contribution in [0, 0.1) is 11.8 Å². The number of hydrogen-bond acceptors (Lipinski definition) is 6. The van der Waals surface area contributed by atoms with Crippen molar-refractivity contribution in [1.29, 1.82) is 0 Å². The van der Waals surface area contributed by atoms with Crippen molar-refractivity contribution in [3.05, 3.63) is 66.4 Å². The van der Waals surface area contributed by atoms with E-state index in [2.05, 4.69) is 24.1 Å². The number of aromatic nitrogens is 1. The maximum Gasteiger partial charge on any atom is 0.310 e. The number of sulfonamides is 1. The van der Waals surface area contributed by atoms with Gasteiger partial charge in [-0.2, -0.15) is 4.31 Å². The lowest BCUT2D eigenvalue weighted by atomic mass is 9.94. The zero-order valence-electron chi connectivity index (χ0n) is 19.8. The molecule has 0 bridgehead atoms. The van der Waals surface area contributed by atoms with Crippen LogP contribution in [-0.2, 0) is 30.8 Å². The van der Waals surface area contributed by atoms with E-state index in [4.69, 9.17) is 4.74 Å². The molecule has 4 rings (SSSR count). The molecule has 1 aliphatic heterocycles. The number of nitrogens with zero attached hydrogens (tertiary/aromatic N) is 2. The molecule has 35 heavy (non-hydrogen) atoms. The fraction of sp³-hybridized carbons (Fsp3) is 0.346. The van der Waals surface area contributed by atoms with E-state index in [9.17, 15) is 18.0 Å². The number of para-hydroxylation sites is 1. The molecule has 1 amide bonds. The van der Waals surface area contributed by atoms with Gasteiger partial charge >= 0.3 is 5.97 Å². The molecule has 2 heterocycles. The summed E-state index contributed by atoms with van der Waals surface area (Å²) in [5, 5.41) is 3.55. The summed E-state index contributed by atoms with van der Waals surface area (Å²) < 4.78 is 32.7. The molecule has 3 aromatic rings. The van der Waals surface area contributed by atoms with Crippen molar-refractivity contribution >= 4 is 38.5 Å². The third-order valence-electron chi connectivity index (χ3n) is 6.03. The average molecular weight is 496 g/mol. The molecule has 0 aliphatic carbocycles. The first-order chi connectivity index (χ1) is 16.7. The van der Waals surface area contributed by atoms with Crippen LogP contribution in [0.4, 0.5) is 5.69 Å². The molecule has 0 saturated carbocycles. The molecular formula is C26H29N3O5S. The third kappa shape index (κ3) is 6.04. The van der Waals surface area contributed by atoms with Crippen LogP contribution in [-0.4, -0.2) is 49.3 Å². The summed E-state index contributed by atoms with van der Waals surface area (Å²) >= 11 is 0. The van der Waals surface area contributed by atoms with Gasteiger partial charge in [-0.15, -0.1) is 0 Å². The zero-order chi connectivity index (χ0) is 25.0. The number of amides is 1. The number of nitrogens with one attached hydrogen (secondary N) is 1. The Morgan fingerprint density at radius 2 is 1.71 bits per heavy atom. The molecule has 2 atom stereocenters. The first-order valence-corrected chi connectivity index (χ1v) is 13.0. The summed E-state index contributed by atoms with van der Waals surface area (Å²) in [6, 6.07) is 15.3. The van der Waals surface area contributed by atoms with Crippen molar-refractivity contribution in [2.45, 2.75) is 31.6 Å². The smallest absolute Gasteiger partial charge is 0.310 e. The van der Waals surface area contributed by atoms with Gasteiger partial charge in [0, 0.05) is 30.4 Å².